The summed E-state index contributed by atoms with van der Waals surface area (Å²) in [6, 6.07) is 6.71. The summed E-state index contributed by atoms with van der Waals surface area (Å²) in [7, 11) is 0. The second-order valence-corrected chi connectivity index (χ2v) is 4.48. The fourth-order valence-corrected chi connectivity index (χ4v) is 2.45. The van der Waals surface area contributed by atoms with Crippen LogP contribution in [-0.4, -0.2) is 0 Å². The molecule has 1 aromatic rings. The summed E-state index contributed by atoms with van der Waals surface area (Å²) in [6.45, 7) is 0. The van der Waals surface area contributed by atoms with Gasteiger partial charge in [-0.2, -0.15) is 0 Å². The van der Waals surface area contributed by atoms with Gasteiger partial charge in [-0.25, -0.2) is 4.39 Å². The standard InChI is InChI=1S/C13H18FN.ClH/c14-12-8-6-11(7-9-12)13(15)10-4-2-1-3-5-10;/h6-10,13H,1-5,15H2;1H. The third kappa shape index (κ3) is 3.19. The predicted octanol–water partition coefficient (Wildman–Crippen LogP) is 3.83. The van der Waals surface area contributed by atoms with E-state index in [1.807, 2.05) is 12.1 Å². The van der Waals surface area contributed by atoms with E-state index in [-0.39, 0.29) is 24.3 Å². The highest BCUT2D eigenvalue weighted by molar-refractivity contribution is 5.85. The summed E-state index contributed by atoms with van der Waals surface area (Å²) in [4.78, 5) is 0. The lowest BCUT2D eigenvalue weighted by molar-refractivity contribution is 0.308. The maximum Gasteiger partial charge on any atom is 0.123 e. The van der Waals surface area contributed by atoms with Crippen LogP contribution >= 0.6 is 12.4 Å². The van der Waals surface area contributed by atoms with E-state index in [4.69, 9.17) is 5.73 Å². The molecule has 1 aliphatic carbocycles. The number of halogens is 2. The molecule has 1 saturated carbocycles. The Bertz CT molecular complexity index is 306. The first kappa shape index (κ1) is 13.5. The van der Waals surface area contributed by atoms with Gasteiger partial charge in [0.1, 0.15) is 5.82 Å². The van der Waals surface area contributed by atoms with E-state index >= 15 is 0 Å². The summed E-state index contributed by atoms with van der Waals surface area (Å²) in [5.74, 6) is 0.402. The zero-order valence-electron chi connectivity index (χ0n) is 9.36. The highest BCUT2D eigenvalue weighted by Gasteiger charge is 2.21. The summed E-state index contributed by atoms with van der Waals surface area (Å²) in [5, 5.41) is 0. The molecule has 3 heteroatoms. The van der Waals surface area contributed by atoms with Crippen LogP contribution in [0.3, 0.4) is 0 Å². The van der Waals surface area contributed by atoms with Crippen LogP contribution in [-0.2, 0) is 0 Å². The largest absolute Gasteiger partial charge is 0.324 e. The van der Waals surface area contributed by atoms with Gasteiger partial charge in [0.2, 0.25) is 0 Å². The molecular weight excluding hydrogens is 225 g/mol. The van der Waals surface area contributed by atoms with Crippen molar-refractivity contribution in [1.82, 2.24) is 0 Å². The minimum atomic E-state index is -0.186. The molecule has 1 aliphatic rings. The van der Waals surface area contributed by atoms with Crippen molar-refractivity contribution in [1.29, 1.82) is 0 Å². The lowest BCUT2D eigenvalue weighted by Crippen LogP contribution is -2.23. The quantitative estimate of drug-likeness (QED) is 0.840. The Labute approximate surface area is 103 Å². The molecule has 1 atom stereocenters. The Morgan fingerprint density at radius 2 is 1.62 bits per heavy atom. The Balaban J connectivity index is 0.00000128. The van der Waals surface area contributed by atoms with Crippen molar-refractivity contribution in [3.8, 4) is 0 Å². The summed E-state index contributed by atoms with van der Waals surface area (Å²) in [5.41, 5.74) is 7.27. The van der Waals surface area contributed by atoms with E-state index in [9.17, 15) is 4.39 Å². The minimum Gasteiger partial charge on any atom is -0.324 e. The SMILES string of the molecule is Cl.NC(c1ccc(F)cc1)C1CCCCC1. The molecule has 1 nitrogen and oxygen atoms in total. The van der Waals surface area contributed by atoms with E-state index in [0.29, 0.717) is 5.92 Å². The van der Waals surface area contributed by atoms with Crippen LogP contribution in [0.4, 0.5) is 4.39 Å². The fourth-order valence-electron chi connectivity index (χ4n) is 2.45. The van der Waals surface area contributed by atoms with E-state index in [1.54, 1.807) is 0 Å². The van der Waals surface area contributed by atoms with E-state index < -0.39 is 0 Å². The molecule has 1 unspecified atom stereocenters. The number of rotatable bonds is 2. The van der Waals surface area contributed by atoms with Gasteiger partial charge in [-0.1, -0.05) is 31.4 Å². The zero-order chi connectivity index (χ0) is 10.7. The topological polar surface area (TPSA) is 26.0 Å². The first-order valence-electron chi connectivity index (χ1n) is 5.78. The van der Waals surface area contributed by atoms with Crippen molar-refractivity contribution < 1.29 is 4.39 Å². The number of benzene rings is 1. The first-order valence-corrected chi connectivity index (χ1v) is 5.78. The molecule has 0 bridgehead atoms. The Kier molecular flexibility index (Phi) is 5.23. The molecule has 0 radical (unpaired) electrons. The van der Waals surface area contributed by atoms with Crippen LogP contribution in [0.15, 0.2) is 24.3 Å². The van der Waals surface area contributed by atoms with E-state index in [2.05, 4.69) is 0 Å². The predicted molar refractivity (Wildman–Crippen MR) is 67.2 cm³/mol. The summed E-state index contributed by atoms with van der Waals surface area (Å²) >= 11 is 0. The normalized spacial score (nSPS) is 18.9. The third-order valence-electron chi connectivity index (χ3n) is 3.41. The van der Waals surface area contributed by atoms with Crippen LogP contribution in [0.2, 0.25) is 0 Å². The molecule has 2 N–H and O–H groups in total. The molecule has 1 aromatic carbocycles. The molecule has 0 spiro atoms. The average Bonchev–Trinajstić information content (AvgIpc) is 2.30. The molecule has 0 aliphatic heterocycles. The van der Waals surface area contributed by atoms with Gasteiger partial charge >= 0.3 is 0 Å². The lowest BCUT2D eigenvalue weighted by Gasteiger charge is -2.27. The highest BCUT2D eigenvalue weighted by atomic mass is 35.5. The highest BCUT2D eigenvalue weighted by Crippen LogP contribution is 2.32. The van der Waals surface area contributed by atoms with Gasteiger partial charge < -0.3 is 5.73 Å². The monoisotopic (exact) mass is 243 g/mol. The first-order chi connectivity index (χ1) is 7.27. The average molecular weight is 244 g/mol. The Morgan fingerprint density at radius 1 is 1.06 bits per heavy atom. The smallest absolute Gasteiger partial charge is 0.123 e. The van der Waals surface area contributed by atoms with E-state index in [0.717, 1.165) is 5.56 Å². The van der Waals surface area contributed by atoms with Gasteiger partial charge in [-0.3, -0.25) is 0 Å². The lowest BCUT2D eigenvalue weighted by atomic mass is 9.81. The zero-order valence-corrected chi connectivity index (χ0v) is 10.2. The van der Waals surface area contributed by atoms with Gasteiger partial charge in [0.25, 0.3) is 0 Å². The van der Waals surface area contributed by atoms with Gasteiger partial charge in [0.05, 0.1) is 0 Å². The molecule has 0 heterocycles. The second kappa shape index (κ2) is 6.21. The maximum atomic E-state index is 12.8. The van der Waals surface area contributed by atoms with E-state index in [1.165, 1.54) is 44.2 Å². The molecule has 0 aromatic heterocycles. The van der Waals surface area contributed by atoms with Crippen LogP contribution in [0.25, 0.3) is 0 Å². The number of nitrogens with two attached hydrogens (primary N) is 1. The number of hydrogen-bond donors (Lipinski definition) is 1. The van der Waals surface area contributed by atoms with Crippen LogP contribution < -0.4 is 5.73 Å². The van der Waals surface area contributed by atoms with Crippen LogP contribution in [0, 0.1) is 11.7 Å². The van der Waals surface area contributed by atoms with Gasteiger partial charge in [-0.05, 0) is 36.5 Å². The van der Waals surface area contributed by atoms with Crippen molar-refractivity contribution >= 4 is 12.4 Å². The summed E-state index contributed by atoms with van der Waals surface area (Å²) < 4.78 is 12.8. The maximum absolute atomic E-state index is 12.8. The van der Waals surface area contributed by atoms with Crippen LogP contribution in [0.5, 0.6) is 0 Å². The molecule has 90 valence electrons. The molecule has 1 fully saturated rings. The minimum absolute atomic E-state index is 0. The third-order valence-corrected chi connectivity index (χ3v) is 3.41. The van der Waals surface area contributed by atoms with Crippen molar-refractivity contribution in [2.45, 2.75) is 38.1 Å². The molecule has 0 saturated heterocycles. The molecule has 2 rings (SSSR count). The molecule has 16 heavy (non-hydrogen) atoms. The Hall–Kier alpha value is -0.600. The van der Waals surface area contributed by atoms with Crippen molar-refractivity contribution in [2.75, 3.05) is 0 Å². The van der Waals surface area contributed by atoms with Crippen molar-refractivity contribution in [3.63, 3.8) is 0 Å². The Morgan fingerprint density at radius 3 is 2.19 bits per heavy atom. The van der Waals surface area contributed by atoms with Crippen molar-refractivity contribution in [2.24, 2.45) is 11.7 Å². The van der Waals surface area contributed by atoms with Gasteiger partial charge in [-0.15, -0.1) is 12.4 Å². The summed E-state index contributed by atoms with van der Waals surface area (Å²) in [6.07, 6.45) is 6.36. The van der Waals surface area contributed by atoms with Gasteiger partial charge in [0, 0.05) is 6.04 Å². The second-order valence-electron chi connectivity index (χ2n) is 4.48. The molecular formula is C13H19ClFN. The van der Waals surface area contributed by atoms with Gasteiger partial charge in [0.15, 0.2) is 0 Å². The number of hydrogen-bond acceptors (Lipinski definition) is 1. The van der Waals surface area contributed by atoms with Crippen molar-refractivity contribution in [3.05, 3.63) is 35.6 Å². The van der Waals surface area contributed by atoms with Crippen LogP contribution in [0.1, 0.15) is 43.7 Å². The fraction of sp³-hybridized carbons (Fsp3) is 0.538. The molecule has 0 amide bonds.